The highest BCUT2D eigenvalue weighted by Crippen LogP contribution is 2.34. The lowest BCUT2D eigenvalue weighted by atomic mass is 9.98. The molecule has 0 spiro atoms. The number of fused-ring (bicyclic) bond motifs is 1. The first-order valence-corrected chi connectivity index (χ1v) is 9.66. The van der Waals surface area contributed by atoms with Crippen LogP contribution in [0.3, 0.4) is 0 Å². The molecule has 1 fully saturated rings. The Bertz CT molecular complexity index is 1350. The molecule has 2 aromatic carbocycles. The third-order valence-corrected chi connectivity index (χ3v) is 5.42. The number of para-hydroxylation sites is 2. The molecule has 5 rings (SSSR count). The second kappa shape index (κ2) is 6.98. The molecule has 2 aromatic heterocycles. The van der Waals surface area contributed by atoms with Crippen LogP contribution >= 0.6 is 0 Å². The number of nitrogens with zero attached hydrogens (tertiary/aromatic N) is 3. The lowest BCUT2D eigenvalue weighted by Crippen LogP contribution is -2.31. The van der Waals surface area contributed by atoms with E-state index in [-0.39, 0.29) is 23.9 Å². The first kappa shape index (κ1) is 18.9. The molecule has 9 nitrogen and oxygen atoms in total. The third-order valence-electron chi connectivity index (χ3n) is 5.42. The first-order valence-electron chi connectivity index (χ1n) is 9.66. The highest BCUT2D eigenvalue weighted by molar-refractivity contribution is 6.22. The molecule has 2 amide bonds. The van der Waals surface area contributed by atoms with Gasteiger partial charge in [0.25, 0.3) is 5.56 Å². The monoisotopic (exact) mass is 418 g/mol. The highest BCUT2D eigenvalue weighted by atomic mass is 16.5. The molecule has 1 aliphatic rings. The van der Waals surface area contributed by atoms with Crippen LogP contribution in [0.5, 0.6) is 5.75 Å². The molecule has 9 heteroatoms. The average molecular weight is 418 g/mol. The van der Waals surface area contributed by atoms with Crippen LogP contribution in [0.4, 0.5) is 5.69 Å². The fraction of sp³-hybridized carbons (Fsp3) is 0.182. The number of H-pyrrole nitrogens is 1. The number of aryl methyl sites for hydroxylation is 1. The number of aromatic nitrogens is 3. The van der Waals surface area contributed by atoms with E-state index in [1.807, 2.05) is 12.1 Å². The van der Waals surface area contributed by atoms with Gasteiger partial charge in [-0.15, -0.1) is 0 Å². The van der Waals surface area contributed by atoms with Crippen molar-refractivity contribution in [3.63, 3.8) is 0 Å². The van der Waals surface area contributed by atoms with E-state index in [0.717, 1.165) is 4.90 Å². The molecule has 3 heterocycles. The normalized spacial score (nSPS) is 16.5. The molecular weight excluding hydrogens is 400 g/mol. The molecule has 4 aromatic rings. The van der Waals surface area contributed by atoms with Crippen LogP contribution < -0.4 is 15.2 Å². The lowest BCUT2D eigenvalue weighted by Gasteiger charge is -2.15. The number of nitrogens with one attached hydrogen (secondary N) is 1. The van der Waals surface area contributed by atoms with E-state index < -0.39 is 17.4 Å². The van der Waals surface area contributed by atoms with Crippen LogP contribution in [0.15, 0.2) is 57.7 Å². The molecule has 0 saturated carbocycles. The number of rotatable bonds is 4. The molecule has 0 bridgehead atoms. The van der Waals surface area contributed by atoms with Gasteiger partial charge >= 0.3 is 6.01 Å². The summed E-state index contributed by atoms with van der Waals surface area (Å²) in [6.07, 6.45) is -0.0909. The Morgan fingerprint density at radius 1 is 1.10 bits per heavy atom. The molecule has 1 aliphatic heterocycles. The van der Waals surface area contributed by atoms with Gasteiger partial charge in [-0.05, 0) is 43.3 Å². The summed E-state index contributed by atoms with van der Waals surface area (Å²) in [5, 5.41) is 2.92. The van der Waals surface area contributed by atoms with Crippen LogP contribution in [0.2, 0.25) is 0 Å². The summed E-state index contributed by atoms with van der Waals surface area (Å²) in [5.74, 6) is -1.08. The van der Waals surface area contributed by atoms with E-state index in [2.05, 4.69) is 10.1 Å². The second-order valence-corrected chi connectivity index (χ2v) is 7.28. The van der Waals surface area contributed by atoms with Crippen molar-refractivity contribution in [2.24, 2.45) is 0 Å². The van der Waals surface area contributed by atoms with Gasteiger partial charge in [-0.1, -0.05) is 12.1 Å². The minimum Gasteiger partial charge on any atom is -0.497 e. The summed E-state index contributed by atoms with van der Waals surface area (Å²) < 4.78 is 12.0. The Morgan fingerprint density at radius 2 is 1.84 bits per heavy atom. The molecule has 1 atom stereocenters. The van der Waals surface area contributed by atoms with Crippen molar-refractivity contribution >= 4 is 28.6 Å². The zero-order valence-corrected chi connectivity index (χ0v) is 16.8. The summed E-state index contributed by atoms with van der Waals surface area (Å²) in [5.41, 5.74) is 1.83. The number of oxazole rings is 1. The quantitative estimate of drug-likeness (QED) is 0.510. The Balaban J connectivity index is 1.52. The summed E-state index contributed by atoms with van der Waals surface area (Å²) in [6.45, 7) is 1.68. The van der Waals surface area contributed by atoms with Crippen LogP contribution in [0, 0.1) is 6.92 Å². The van der Waals surface area contributed by atoms with Gasteiger partial charge < -0.3 is 9.15 Å². The molecule has 31 heavy (non-hydrogen) atoms. The van der Waals surface area contributed by atoms with Crippen molar-refractivity contribution in [1.29, 1.82) is 0 Å². The third kappa shape index (κ3) is 2.93. The van der Waals surface area contributed by atoms with Gasteiger partial charge in [0, 0.05) is 12.1 Å². The number of ether oxygens (including phenoxy) is 1. The van der Waals surface area contributed by atoms with Crippen molar-refractivity contribution in [1.82, 2.24) is 14.8 Å². The maximum atomic E-state index is 13.2. The fourth-order valence-corrected chi connectivity index (χ4v) is 3.92. The average Bonchev–Trinajstić information content (AvgIpc) is 3.41. The van der Waals surface area contributed by atoms with Crippen molar-refractivity contribution in [2.45, 2.75) is 19.3 Å². The molecule has 1 saturated heterocycles. The largest absolute Gasteiger partial charge is 0.497 e. The van der Waals surface area contributed by atoms with Crippen molar-refractivity contribution < 1.29 is 18.7 Å². The zero-order chi connectivity index (χ0) is 21.7. The summed E-state index contributed by atoms with van der Waals surface area (Å²) >= 11 is 0. The van der Waals surface area contributed by atoms with E-state index in [1.165, 1.54) is 11.8 Å². The fourth-order valence-electron chi connectivity index (χ4n) is 3.92. The smallest absolute Gasteiger partial charge is 0.325 e. The van der Waals surface area contributed by atoms with E-state index in [0.29, 0.717) is 28.2 Å². The first-order chi connectivity index (χ1) is 15.0. The maximum Gasteiger partial charge on any atom is 0.325 e. The standard InChI is InChI=1S/C22H18N4O5/c1-12-19(21(29)26(24-12)22-23-16-5-3-4-6-17(16)31-22)15-11-18(27)25(20(15)28)13-7-9-14(30-2)10-8-13/h3-10,15,24H,11H2,1-2H3/t15-/m0/s1. The van der Waals surface area contributed by atoms with Gasteiger partial charge in [-0.25, -0.2) is 4.90 Å². The minimum absolute atomic E-state index is 0.0735. The van der Waals surface area contributed by atoms with Crippen LogP contribution in [-0.2, 0) is 9.59 Å². The number of carbonyl (C=O) groups excluding carboxylic acids is 2. The van der Waals surface area contributed by atoms with Crippen LogP contribution in [-0.4, -0.2) is 33.7 Å². The molecule has 0 unspecified atom stereocenters. The van der Waals surface area contributed by atoms with Gasteiger partial charge in [0.15, 0.2) is 5.58 Å². The van der Waals surface area contributed by atoms with Gasteiger partial charge in [-0.3, -0.25) is 19.5 Å². The number of hydrogen-bond acceptors (Lipinski definition) is 6. The molecule has 0 radical (unpaired) electrons. The molecule has 156 valence electrons. The predicted molar refractivity (Wildman–Crippen MR) is 112 cm³/mol. The van der Waals surface area contributed by atoms with E-state index in [9.17, 15) is 14.4 Å². The summed E-state index contributed by atoms with van der Waals surface area (Å²) in [4.78, 5) is 44.4. The maximum absolute atomic E-state index is 13.2. The highest BCUT2D eigenvalue weighted by Gasteiger charge is 2.43. The van der Waals surface area contributed by atoms with E-state index in [4.69, 9.17) is 9.15 Å². The Hall–Kier alpha value is -4.14. The number of aromatic amines is 1. The molecule has 0 aliphatic carbocycles. The van der Waals surface area contributed by atoms with Gasteiger partial charge in [0.2, 0.25) is 11.8 Å². The van der Waals surface area contributed by atoms with Crippen molar-refractivity contribution in [3.05, 3.63) is 70.1 Å². The Morgan fingerprint density at radius 3 is 2.55 bits per heavy atom. The van der Waals surface area contributed by atoms with Crippen molar-refractivity contribution in [3.8, 4) is 11.8 Å². The zero-order valence-electron chi connectivity index (χ0n) is 16.8. The summed E-state index contributed by atoms with van der Waals surface area (Å²) in [6, 6.07) is 13.8. The topological polar surface area (TPSA) is 110 Å². The predicted octanol–water partition coefficient (Wildman–Crippen LogP) is 2.67. The number of hydrogen-bond donors (Lipinski definition) is 1. The van der Waals surface area contributed by atoms with Gasteiger partial charge in [-0.2, -0.15) is 9.67 Å². The van der Waals surface area contributed by atoms with Crippen molar-refractivity contribution in [2.75, 3.05) is 12.0 Å². The number of anilines is 1. The van der Waals surface area contributed by atoms with E-state index in [1.54, 1.807) is 43.3 Å². The van der Waals surface area contributed by atoms with Crippen LogP contribution in [0.1, 0.15) is 23.6 Å². The van der Waals surface area contributed by atoms with Gasteiger partial charge in [0.1, 0.15) is 11.3 Å². The number of amides is 2. The van der Waals surface area contributed by atoms with E-state index >= 15 is 0 Å². The van der Waals surface area contributed by atoms with Crippen LogP contribution in [0.25, 0.3) is 17.1 Å². The molecule has 1 N–H and O–H groups in total. The number of carbonyl (C=O) groups is 2. The second-order valence-electron chi connectivity index (χ2n) is 7.28. The van der Waals surface area contributed by atoms with Gasteiger partial charge in [0.05, 0.1) is 24.3 Å². The minimum atomic E-state index is -0.885. The molecular formula is C22H18N4O5. The number of imide groups is 1. The SMILES string of the molecule is COc1ccc(N2C(=O)C[C@@H](c3c(C)[nH]n(-c4nc5ccccc5o4)c3=O)C2=O)cc1. The Kier molecular flexibility index (Phi) is 4.25. The summed E-state index contributed by atoms with van der Waals surface area (Å²) in [7, 11) is 1.54. The number of methoxy groups -OCH3 is 1. The number of benzene rings is 2. The Labute approximate surface area is 175 Å². The lowest BCUT2D eigenvalue weighted by molar-refractivity contribution is -0.121.